The molecule has 0 aromatic heterocycles. The molecule has 5 aliphatic rings. The molecule has 2 bridgehead atoms. The zero-order valence-corrected chi connectivity index (χ0v) is 17.2. The Hall–Kier alpha value is -1.79. The summed E-state index contributed by atoms with van der Waals surface area (Å²) in [5.41, 5.74) is 1.25. The van der Waals surface area contributed by atoms with Gasteiger partial charge in [-0.2, -0.15) is 0 Å². The van der Waals surface area contributed by atoms with E-state index in [9.17, 15) is 9.90 Å². The van der Waals surface area contributed by atoms with Crippen LogP contribution in [-0.2, 0) is 11.8 Å². The largest absolute Gasteiger partial charge is 0.497 e. The minimum absolute atomic E-state index is 0.0729. The smallest absolute Gasteiger partial charge is 0.315 e. The van der Waals surface area contributed by atoms with E-state index in [1.54, 1.807) is 7.11 Å². The fourth-order valence-corrected chi connectivity index (χ4v) is 7.03. The number of nitrogens with zero attached hydrogens (tertiary/aromatic N) is 1. The first-order valence-corrected chi connectivity index (χ1v) is 11.2. The van der Waals surface area contributed by atoms with Gasteiger partial charge >= 0.3 is 6.03 Å². The third-order valence-electron chi connectivity index (χ3n) is 8.67. The number of urea groups is 1. The van der Waals surface area contributed by atoms with Crippen LogP contribution in [0.3, 0.4) is 0 Å². The third kappa shape index (κ3) is 2.45. The average Bonchev–Trinajstić information content (AvgIpc) is 3.46. The highest BCUT2D eigenvalue weighted by Crippen LogP contribution is 2.60. The Balaban J connectivity index is 1.48. The zero-order valence-electron chi connectivity index (χ0n) is 17.2. The second-order valence-corrected chi connectivity index (χ2v) is 10.2. The number of nitrogens with one attached hydrogen (secondary N) is 2. The van der Waals surface area contributed by atoms with E-state index >= 15 is 0 Å². The first-order chi connectivity index (χ1) is 14.0. The molecule has 2 amide bonds. The molecule has 0 radical (unpaired) electrons. The van der Waals surface area contributed by atoms with Crippen molar-refractivity contribution in [1.82, 2.24) is 15.5 Å². The molecule has 1 aromatic carbocycles. The molecule has 2 aliphatic heterocycles. The van der Waals surface area contributed by atoms with Gasteiger partial charge in [0.25, 0.3) is 0 Å². The summed E-state index contributed by atoms with van der Waals surface area (Å²) in [7, 11) is 1.71. The minimum atomic E-state index is -0.752. The van der Waals surface area contributed by atoms with Crippen molar-refractivity contribution in [3.05, 3.63) is 29.3 Å². The highest BCUT2D eigenvalue weighted by atomic mass is 16.5. The van der Waals surface area contributed by atoms with E-state index in [0.717, 1.165) is 56.9 Å². The highest BCUT2D eigenvalue weighted by molar-refractivity contribution is 5.77. The molecule has 4 fully saturated rings. The van der Waals surface area contributed by atoms with Gasteiger partial charge in [-0.3, -0.25) is 4.90 Å². The fraction of sp³-hybridized carbons (Fsp3) is 0.696. The summed E-state index contributed by atoms with van der Waals surface area (Å²) in [4.78, 5) is 14.6. The number of methoxy groups -OCH3 is 1. The molecule has 1 spiro atoms. The van der Waals surface area contributed by atoms with E-state index in [1.807, 2.05) is 0 Å². The first kappa shape index (κ1) is 18.0. The Morgan fingerprint density at radius 2 is 2.14 bits per heavy atom. The quantitative estimate of drug-likeness (QED) is 0.729. The molecule has 1 aromatic rings. The van der Waals surface area contributed by atoms with Gasteiger partial charge in [-0.05, 0) is 80.7 Å². The molecule has 2 saturated carbocycles. The van der Waals surface area contributed by atoms with Crippen molar-refractivity contribution >= 4 is 6.03 Å². The number of fused-ring (bicyclic) bond motifs is 1. The van der Waals surface area contributed by atoms with Crippen LogP contribution in [0.25, 0.3) is 0 Å². The highest BCUT2D eigenvalue weighted by Gasteiger charge is 2.67. The topological polar surface area (TPSA) is 73.8 Å². The van der Waals surface area contributed by atoms with E-state index in [1.165, 1.54) is 24.0 Å². The number of carbonyl (C=O) groups excluding carboxylic acids is 1. The Kier molecular flexibility index (Phi) is 3.66. The number of aliphatic hydroxyl groups is 1. The summed E-state index contributed by atoms with van der Waals surface area (Å²) < 4.78 is 5.57. The van der Waals surface area contributed by atoms with Crippen LogP contribution in [0.5, 0.6) is 5.75 Å². The number of piperidine rings is 1. The molecular formula is C23H31N3O3. The van der Waals surface area contributed by atoms with Gasteiger partial charge in [0.1, 0.15) is 5.75 Å². The molecule has 2 heterocycles. The first-order valence-electron chi connectivity index (χ1n) is 11.2. The van der Waals surface area contributed by atoms with Crippen molar-refractivity contribution < 1.29 is 14.6 Å². The molecule has 4 unspecified atom stereocenters. The van der Waals surface area contributed by atoms with Crippen molar-refractivity contribution in [1.29, 1.82) is 0 Å². The standard InChI is InChI=1S/C23H31N3O3/c1-29-17-5-4-16-10-19-23(28)7-6-21(14-24-20(27)25-21)13-22(23,18(16)11-17)8-9-26(19)12-15-2-3-15/h4-5,11,15,19,28H,2-3,6-10,12-14H2,1H3,(H2,24,25,27). The minimum Gasteiger partial charge on any atom is -0.497 e. The van der Waals surface area contributed by atoms with Crippen LogP contribution in [0.2, 0.25) is 0 Å². The van der Waals surface area contributed by atoms with Crippen LogP contribution in [0.4, 0.5) is 4.79 Å². The predicted octanol–water partition coefficient (Wildman–Crippen LogP) is 1.94. The Morgan fingerprint density at radius 3 is 2.86 bits per heavy atom. The van der Waals surface area contributed by atoms with Crippen molar-refractivity contribution in [3.63, 3.8) is 0 Å². The van der Waals surface area contributed by atoms with Gasteiger partial charge in [0, 0.05) is 24.5 Å². The molecule has 3 N–H and O–H groups in total. The normalized spacial score (nSPS) is 40.8. The number of ether oxygens (including phenoxy) is 1. The molecule has 6 heteroatoms. The summed E-state index contributed by atoms with van der Waals surface area (Å²) in [5, 5.41) is 18.6. The van der Waals surface area contributed by atoms with E-state index in [0.29, 0.717) is 6.54 Å². The van der Waals surface area contributed by atoms with E-state index in [4.69, 9.17) is 4.74 Å². The Labute approximate surface area is 172 Å². The Bertz CT molecular complexity index is 871. The molecule has 2 saturated heterocycles. The van der Waals surface area contributed by atoms with E-state index < -0.39 is 5.60 Å². The van der Waals surface area contributed by atoms with Gasteiger partial charge < -0.3 is 20.5 Å². The summed E-state index contributed by atoms with van der Waals surface area (Å²) in [6, 6.07) is 6.51. The van der Waals surface area contributed by atoms with Gasteiger partial charge in [-0.1, -0.05) is 6.07 Å². The number of carbonyl (C=O) groups is 1. The molecule has 6 rings (SSSR count). The van der Waals surface area contributed by atoms with Gasteiger partial charge in [0.2, 0.25) is 0 Å². The number of benzene rings is 1. The molecule has 29 heavy (non-hydrogen) atoms. The maximum Gasteiger partial charge on any atom is 0.315 e. The summed E-state index contributed by atoms with van der Waals surface area (Å²) in [6.07, 6.45) is 6.87. The zero-order chi connectivity index (χ0) is 19.9. The van der Waals surface area contributed by atoms with Gasteiger partial charge in [0.05, 0.1) is 18.2 Å². The van der Waals surface area contributed by atoms with E-state index in [-0.39, 0.29) is 23.0 Å². The van der Waals surface area contributed by atoms with Crippen LogP contribution in [0.1, 0.15) is 49.7 Å². The van der Waals surface area contributed by atoms with Crippen LogP contribution in [0, 0.1) is 5.92 Å². The number of hydrogen-bond acceptors (Lipinski definition) is 4. The molecule has 6 nitrogen and oxygen atoms in total. The van der Waals surface area contributed by atoms with E-state index in [2.05, 4.69) is 33.7 Å². The van der Waals surface area contributed by atoms with Crippen LogP contribution >= 0.6 is 0 Å². The molecule has 3 aliphatic carbocycles. The average molecular weight is 398 g/mol. The van der Waals surface area contributed by atoms with Crippen LogP contribution in [0.15, 0.2) is 18.2 Å². The number of likely N-dealkylation sites (tertiary alicyclic amines) is 1. The number of amides is 2. The number of rotatable bonds is 3. The van der Waals surface area contributed by atoms with Gasteiger partial charge in [-0.15, -0.1) is 0 Å². The predicted molar refractivity (Wildman–Crippen MR) is 109 cm³/mol. The lowest BCUT2D eigenvalue weighted by atomic mass is 9.46. The van der Waals surface area contributed by atoms with Crippen molar-refractivity contribution in [2.45, 2.75) is 67.5 Å². The monoisotopic (exact) mass is 397 g/mol. The summed E-state index contributed by atoms with van der Waals surface area (Å²) in [5.74, 6) is 1.67. The van der Waals surface area contributed by atoms with Crippen molar-refractivity contribution in [2.75, 3.05) is 26.7 Å². The maximum atomic E-state index is 12.4. The van der Waals surface area contributed by atoms with Crippen LogP contribution in [-0.4, -0.2) is 60.0 Å². The summed E-state index contributed by atoms with van der Waals surface area (Å²) >= 11 is 0. The molecular weight excluding hydrogens is 366 g/mol. The van der Waals surface area contributed by atoms with Crippen molar-refractivity contribution in [2.24, 2.45) is 5.92 Å². The number of hydrogen-bond donors (Lipinski definition) is 3. The lowest BCUT2D eigenvalue weighted by Gasteiger charge is -2.66. The lowest BCUT2D eigenvalue weighted by molar-refractivity contribution is -0.177. The van der Waals surface area contributed by atoms with Crippen molar-refractivity contribution in [3.8, 4) is 5.75 Å². The fourth-order valence-electron chi connectivity index (χ4n) is 7.03. The molecule has 156 valence electrons. The Morgan fingerprint density at radius 1 is 1.28 bits per heavy atom. The second kappa shape index (κ2) is 5.88. The second-order valence-electron chi connectivity index (χ2n) is 10.2. The lowest BCUT2D eigenvalue weighted by Crippen LogP contribution is -2.76. The van der Waals surface area contributed by atoms with Gasteiger partial charge in [-0.25, -0.2) is 4.79 Å². The summed E-state index contributed by atoms with van der Waals surface area (Å²) in [6.45, 7) is 2.80. The maximum absolute atomic E-state index is 12.4. The SMILES string of the molecule is COc1ccc2c(c1)C13CCN(CC4CC4)C(C2)C1(O)CCC1(CNC(=O)N1)C3. The molecule has 4 atom stereocenters. The third-order valence-corrected chi connectivity index (χ3v) is 8.67. The van der Waals surface area contributed by atoms with Gasteiger partial charge in [0.15, 0.2) is 0 Å². The van der Waals surface area contributed by atoms with Crippen LogP contribution < -0.4 is 15.4 Å².